The Morgan fingerprint density at radius 1 is 1.08 bits per heavy atom. The number of aldehydes is 1. The number of nitrogens with one attached hydrogen (secondary N) is 1. The van der Waals surface area contributed by atoms with Gasteiger partial charge in [0.1, 0.15) is 6.29 Å². The van der Waals surface area contributed by atoms with Crippen molar-refractivity contribution in [3.8, 4) is 0 Å². The second-order valence-corrected chi connectivity index (χ2v) is 7.58. The van der Waals surface area contributed by atoms with Crippen LogP contribution >= 0.6 is 0 Å². The first-order valence-electron chi connectivity index (χ1n) is 9.80. The zero-order valence-corrected chi connectivity index (χ0v) is 16.6. The minimum atomic E-state index is -0.239. The van der Waals surface area contributed by atoms with Crippen molar-refractivity contribution >= 4 is 12.2 Å². The number of likely N-dealkylation sites (N-methyl/N-ethyl adjacent to an activating group) is 1. The number of hydrogen-bond donors (Lipinski definition) is 1. The topological polar surface area (TPSA) is 49.4 Å². The first-order chi connectivity index (χ1) is 11.4. The van der Waals surface area contributed by atoms with Crippen LogP contribution in [0.5, 0.6) is 0 Å². The molecule has 3 atom stereocenters. The number of unbranched alkanes of at least 4 members (excludes halogenated alkanes) is 5. The molecule has 0 aliphatic heterocycles. The van der Waals surface area contributed by atoms with E-state index in [1.54, 1.807) is 0 Å². The third-order valence-corrected chi connectivity index (χ3v) is 4.81. The third-order valence-electron chi connectivity index (χ3n) is 4.81. The molecule has 0 aromatic heterocycles. The van der Waals surface area contributed by atoms with Crippen molar-refractivity contribution in [1.82, 2.24) is 10.2 Å². The summed E-state index contributed by atoms with van der Waals surface area (Å²) in [6.07, 6.45) is 10.8. The number of rotatable bonds is 15. The van der Waals surface area contributed by atoms with E-state index >= 15 is 0 Å². The lowest BCUT2D eigenvalue weighted by atomic mass is 9.84. The maximum absolute atomic E-state index is 12.2. The van der Waals surface area contributed by atoms with Crippen molar-refractivity contribution in [2.45, 2.75) is 72.1 Å². The van der Waals surface area contributed by atoms with E-state index in [1.165, 1.54) is 38.5 Å². The van der Waals surface area contributed by atoms with Crippen LogP contribution in [0.4, 0.5) is 0 Å². The molecule has 1 amide bonds. The molecule has 0 heterocycles. The lowest BCUT2D eigenvalue weighted by molar-refractivity contribution is -0.129. The fraction of sp³-hybridized carbons (Fsp3) is 0.900. The lowest BCUT2D eigenvalue weighted by Gasteiger charge is -2.22. The van der Waals surface area contributed by atoms with Crippen LogP contribution in [0.3, 0.4) is 0 Å². The van der Waals surface area contributed by atoms with Gasteiger partial charge in [0.15, 0.2) is 0 Å². The van der Waals surface area contributed by atoms with Gasteiger partial charge in [-0.25, -0.2) is 0 Å². The predicted octanol–water partition coefficient (Wildman–Crippen LogP) is 3.89. The second kappa shape index (κ2) is 14.4. The van der Waals surface area contributed by atoms with E-state index < -0.39 is 0 Å². The van der Waals surface area contributed by atoms with Crippen molar-refractivity contribution in [1.29, 1.82) is 0 Å². The van der Waals surface area contributed by atoms with Gasteiger partial charge >= 0.3 is 0 Å². The maximum Gasteiger partial charge on any atom is 0.223 e. The maximum atomic E-state index is 12.2. The van der Waals surface area contributed by atoms with E-state index in [4.69, 9.17) is 0 Å². The van der Waals surface area contributed by atoms with E-state index in [-0.39, 0.29) is 17.7 Å². The van der Waals surface area contributed by atoms with Gasteiger partial charge in [-0.15, -0.1) is 0 Å². The zero-order valence-electron chi connectivity index (χ0n) is 16.6. The van der Waals surface area contributed by atoms with Gasteiger partial charge in [-0.2, -0.15) is 0 Å². The first kappa shape index (κ1) is 23.1. The molecule has 142 valence electrons. The molecule has 4 nitrogen and oxygen atoms in total. The molecule has 0 saturated heterocycles. The van der Waals surface area contributed by atoms with Crippen LogP contribution in [0.15, 0.2) is 0 Å². The number of carbonyl (C=O) groups is 2. The van der Waals surface area contributed by atoms with E-state index in [9.17, 15) is 9.59 Å². The Labute approximate surface area is 149 Å². The molecule has 0 saturated carbocycles. The summed E-state index contributed by atoms with van der Waals surface area (Å²) in [6.45, 7) is 7.77. The Hall–Kier alpha value is -0.900. The van der Waals surface area contributed by atoms with Crippen LogP contribution in [-0.2, 0) is 9.59 Å². The van der Waals surface area contributed by atoms with E-state index in [0.717, 1.165) is 25.7 Å². The zero-order chi connectivity index (χ0) is 18.4. The van der Waals surface area contributed by atoms with Crippen LogP contribution in [0.25, 0.3) is 0 Å². The van der Waals surface area contributed by atoms with E-state index in [1.807, 2.05) is 25.9 Å². The average Bonchev–Trinajstić information content (AvgIpc) is 2.54. The minimum absolute atomic E-state index is 0.000663. The van der Waals surface area contributed by atoms with Crippen molar-refractivity contribution in [2.24, 2.45) is 17.8 Å². The molecular formula is C20H40N2O2. The van der Waals surface area contributed by atoms with Crippen LogP contribution < -0.4 is 5.32 Å². The van der Waals surface area contributed by atoms with Gasteiger partial charge in [-0.05, 0) is 26.4 Å². The highest BCUT2D eigenvalue weighted by Crippen LogP contribution is 2.23. The molecule has 0 aliphatic carbocycles. The molecule has 4 heteroatoms. The minimum Gasteiger partial charge on any atom is -0.355 e. The highest BCUT2D eigenvalue weighted by molar-refractivity contribution is 5.81. The summed E-state index contributed by atoms with van der Waals surface area (Å²) in [5.41, 5.74) is 0. The summed E-state index contributed by atoms with van der Waals surface area (Å²) in [7, 11) is 3.96. The van der Waals surface area contributed by atoms with Crippen LogP contribution in [-0.4, -0.2) is 44.3 Å². The van der Waals surface area contributed by atoms with Crippen molar-refractivity contribution in [3.05, 3.63) is 0 Å². The van der Waals surface area contributed by atoms with Gasteiger partial charge < -0.3 is 15.0 Å². The van der Waals surface area contributed by atoms with Gasteiger partial charge in [0, 0.05) is 24.9 Å². The summed E-state index contributed by atoms with van der Waals surface area (Å²) >= 11 is 0. The lowest BCUT2D eigenvalue weighted by Crippen LogP contribution is -2.38. The van der Waals surface area contributed by atoms with Crippen LogP contribution in [0.2, 0.25) is 0 Å². The summed E-state index contributed by atoms with van der Waals surface area (Å²) in [4.78, 5) is 25.6. The van der Waals surface area contributed by atoms with Crippen LogP contribution in [0.1, 0.15) is 72.1 Å². The number of amides is 1. The molecular weight excluding hydrogens is 300 g/mol. The van der Waals surface area contributed by atoms with Gasteiger partial charge in [0.05, 0.1) is 0 Å². The molecule has 0 fully saturated rings. The Morgan fingerprint density at radius 3 is 2.29 bits per heavy atom. The largest absolute Gasteiger partial charge is 0.355 e. The number of hydrogen-bond acceptors (Lipinski definition) is 3. The Morgan fingerprint density at radius 2 is 1.71 bits per heavy atom. The molecule has 1 N–H and O–H groups in total. The molecule has 0 aliphatic rings. The molecule has 0 spiro atoms. The predicted molar refractivity (Wildman–Crippen MR) is 102 cm³/mol. The van der Waals surface area contributed by atoms with Crippen LogP contribution in [0, 0.1) is 17.8 Å². The van der Waals surface area contributed by atoms with Gasteiger partial charge in [0.25, 0.3) is 0 Å². The molecule has 0 bridgehead atoms. The molecule has 3 unspecified atom stereocenters. The monoisotopic (exact) mass is 340 g/mol. The molecule has 0 aromatic rings. The summed E-state index contributed by atoms with van der Waals surface area (Å²) in [5.74, 6) is 0.0974. The standard InChI is InChI=1S/C20H40N2O2/c1-6-7-8-9-10-11-12-17(2)15-19(16-23)18(3)20(24)21-13-14-22(4)5/h16-19H,6-15H2,1-5H3,(H,21,24). The van der Waals surface area contributed by atoms with Gasteiger partial charge in [0.2, 0.25) is 5.91 Å². The Balaban J connectivity index is 4.04. The average molecular weight is 341 g/mol. The molecule has 0 aromatic carbocycles. The number of nitrogens with zero attached hydrogens (tertiary/aromatic N) is 1. The smallest absolute Gasteiger partial charge is 0.223 e. The number of carbonyl (C=O) groups excluding carboxylic acids is 2. The van der Waals surface area contributed by atoms with Crippen molar-refractivity contribution < 1.29 is 9.59 Å². The summed E-state index contributed by atoms with van der Waals surface area (Å²) < 4.78 is 0. The highest BCUT2D eigenvalue weighted by atomic mass is 16.2. The fourth-order valence-corrected chi connectivity index (χ4v) is 2.99. The fourth-order valence-electron chi connectivity index (χ4n) is 2.99. The Bertz CT molecular complexity index is 332. The molecule has 0 rings (SSSR count). The van der Waals surface area contributed by atoms with Gasteiger partial charge in [-0.1, -0.05) is 65.7 Å². The second-order valence-electron chi connectivity index (χ2n) is 7.58. The van der Waals surface area contributed by atoms with Gasteiger partial charge in [-0.3, -0.25) is 4.79 Å². The SMILES string of the molecule is CCCCCCCCC(C)CC(C=O)C(C)C(=O)NCCN(C)C. The highest BCUT2D eigenvalue weighted by Gasteiger charge is 2.25. The Kier molecular flexibility index (Phi) is 13.9. The van der Waals surface area contributed by atoms with Crippen molar-refractivity contribution in [2.75, 3.05) is 27.2 Å². The van der Waals surface area contributed by atoms with Crippen molar-refractivity contribution in [3.63, 3.8) is 0 Å². The molecule has 24 heavy (non-hydrogen) atoms. The molecule has 0 radical (unpaired) electrons. The summed E-state index contributed by atoms with van der Waals surface area (Å²) in [6, 6.07) is 0. The normalized spacial score (nSPS) is 15.1. The summed E-state index contributed by atoms with van der Waals surface area (Å²) in [5, 5.41) is 2.93. The first-order valence-corrected chi connectivity index (χ1v) is 9.80. The van der Waals surface area contributed by atoms with E-state index in [0.29, 0.717) is 12.5 Å². The third kappa shape index (κ3) is 11.6. The quantitative estimate of drug-likeness (QED) is 0.363. The van der Waals surface area contributed by atoms with E-state index in [2.05, 4.69) is 19.2 Å².